The number of alkyl halides is 1. The molecule has 0 aliphatic heterocycles. The van der Waals surface area contributed by atoms with Crippen molar-refractivity contribution in [2.45, 2.75) is 245 Å². The lowest BCUT2D eigenvalue weighted by Gasteiger charge is -2.62. The lowest BCUT2D eigenvalue weighted by atomic mass is 9.44. The highest BCUT2D eigenvalue weighted by atomic mass is 79.9. The van der Waals surface area contributed by atoms with E-state index in [-0.39, 0.29) is 47.1 Å². The molecule has 97 heavy (non-hydrogen) atoms. The third kappa shape index (κ3) is 12.4. The molecule has 3 N–H and O–H groups in total. The fourth-order valence-corrected chi connectivity index (χ4v) is 31.2. The van der Waals surface area contributed by atoms with E-state index in [0.29, 0.717) is 79.8 Å². The second-order valence-corrected chi connectivity index (χ2v) is 39.5. The summed E-state index contributed by atoms with van der Waals surface area (Å²) in [5.74, 6) is 13.9. The van der Waals surface area contributed by atoms with Gasteiger partial charge in [-0.1, -0.05) is 47.1 Å². The fourth-order valence-electron chi connectivity index (χ4n) is 27.4. The van der Waals surface area contributed by atoms with Gasteiger partial charge in [0.2, 0.25) is 0 Å². The van der Waals surface area contributed by atoms with Crippen molar-refractivity contribution in [3.05, 3.63) is 36.7 Å². The molecule has 18 heteroatoms. The standard InChI is InChI=1S/2C28H40N4O2S.C23H37BrO2S/c2*1-26(34)12-13-28(17-35-3)18(15-26)6-7-19-20-8-9-22(27(20,2)11-10-21(19)28)24(33)16-32-25-23(30-31-32)5-4-14-29-25;1-21(26)10-11-23(14-27-3)15(12-21)4-5-16-17-6-7-19(20(25)13-24)22(17,2)9-8-18(16)23/h2*4-5,14,18-22,34H,6-13,15-17H2,1-3H3;15-19,26H,4-14H2,1-3H3/t2*18-,19+,20+,21+,22-,26-,27+,28-;15-,16+,17+,18+,19-,21-,22+,23-/m111/s1. The minimum atomic E-state index is -0.492. The first-order valence-corrected chi connectivity index (χ1v) is 43.7. The Morgan fingerprint density at radius 1 is 0.443 bits per heavy atom. The van der Waals surface area contributed by atoms with E-state index < -0.39 is 16.8 Å². The number of pyridine rings is 2. The van der Waals surface area contributed by atoms with Crippen LogP contribution in [0.25, 0.3) is 22.3 Å². The molecule has 0 spiro atoms. The van der Waals surface area contributed by atoms with Crippen LogP contribution in [0.15, 0.2) is 36.7 Å². The van der Waals surface area contributed by atoms with E-state index in [4.69, 9.17) is 0 Å². The van der Waals surface area contributed by atoms with E-state index in [0.717, 1.165) is 123 Å². The molecule has 12 aliphatic carbocycles. The molecular weight excluding hydrogens is 1330 g/mol. The monoisotopic (exact) mass is 1450 g/mol. The summed E-state index contributed by atoms with van der Waals surface area (Å²) in [7, 11) is 0. The normalized spacial score (nSPS) is 45.4. The van der Waals surface area contributed by atoms with E-state index in [2.05, 4.69) is 107 Å². The van der Waals surface area contributed by atoms with Gasteiger partial charge in [0.15, 0.2) is 22.9 Å². The molecule has 0 bridgehead atoms. The molecule has 4 heterocycles. The van der Waals surface area contributed by atoms with Gasteiger partial charge < -0.3 is 15.3 Å². The van der Waals surface area contributed by atoms with Gasteiger partial charge in [0, 0.05) is 30.1 Å². The summed E-state index contributed by atoms with van der Waals surface area (Å²) in [6.45, 7) is 14.0. The van der Waals surface area contributed by atoms with E-state index in [9.17, 15) is 29.7 Å². The third-order valence-corrected chi connectivity index (χ3v) is 34.7. The van der Waals surface area contributed by atoms with Crippen LogP contribution in [0.2, 0.25) is 0 Å². The maximum absolute atomic E-state index is 13.7. The first-order valence-electron chi connectivity index (χ1n) is 38.4. The number of aromatic nitrogens is 8. The van der Waals surface area contributed by atoms with Crippen LogP contribution in [0.5, 0.6) is 0 Å². The third-order valence-electron chi connectivity index (χ3n) is 31.6. The molecule has 12 saturated carbocycles. The quantitative estimate of drug-likeness (QED) is 0.101. The van der Waals surface area contributed by atoms with Crippen molar-refractivity contribution in [3.8, 4) is 0 Å². The maximum atomic E-state index is 13.7. The van der Waals surface area contributed by atoms with E-state index in [1.54, 1.807) is 21.8 Å². The SMILES string of the molecule is CSC[C@]12CC[C@@](C)(O)C[C@H]1CC[C@H]1[C@@H]3CC[C@H](C(=O)CBr)[C@@]3(C)CC[C@@H]12.CSC[C@]12CC[C@@](C)(O)C[C@H]1CC[C@H]1[C@@H]3CC[C@H](C(=O)Cn4nnc5cccnc54)[C@@]3(C)CC[C@@H]12.CSC[C@]12CC[C@@](C)(O)C[C@H]1CC[C@H]1[C@@H]3CC[C@H](C(=O)Cn4nnc5cccnc54)[C@@]3(C)CC[C@@H]12. The van der Waals surface area contributed by atoms with Gasteiger partial charge in [0.1, 0.15) is 29.9 Å². The largest absolute Gasteiger partial charge is 0.390 e. The van der Waals surface area contributed by atoms with E-state index in [1.165, 1.54) is 120 Å². The maximum Gasteiger partial charge on any atom is 0.178 e. The molecule has 12 fully saturated rings. The van der Waals surface area contributed by atoms with Crippen molar-refractivity contribution in [1.82, 2.24) is 40.0 Å². The number of aliphatic hydroxyl groups is 3. The van der Waals surface area contributed by atoms with Crippen molar-refractivity contribution in [2.75, 3.05) is 41.4 Å². The fraction of sp³-hybridized carbons (Fsp3) is 0.835. The summed E-state index contributed by atoms with van der Waals surface area (Å²) >= 11 is 9.51. The number of carbonyl (C=O) groups excluding carboxylic acids is 3. The molecule has 16 rings (SSSR count). The predicted octanol–water partition coefficient (Wildman–Crippen LogP) is 16.0. The zero-order chi connectivity index (χ0) is 68.3. The predicted molar refractivity (Wildman–Crippen MR) is 395 cm³/mol. The second kappa shape index (κ2) is 27.2. The van der Waals surface area contributed by atoms with Gasteiger partial charge in [-0.2, -0.15) is 35.3 Å². The molecule has 14 nitrogen and oxygen atoms in total. The summed E-state index contributed by atoms with van der Waals surface area (Å²) in [5, 5.41) is 50.0. The average molecular weight is 1450 g/mol. The number of ketones is 3. The number of hydrogen-bond donors (Lipinski definition) is 3. The van der Waals surface area contributed by atoms with Crippen molar-refractivity contribution < 1.29 is 29.7 Å². The van der Waals surface area contributed by atoms with Gasteiger partial charge in [-0.25, -0.2) is 19.3 Å². The average Bonchev–Trinajstić information content (AvgIpc) is 1.71. The van der Waals surface area contributed by atoms with Gasteiger partial charge >= 0.3 is 0 Å². The second-order valence-electron chi connectivity index (χ2n) is 36.3. The summed E-state index contributed by atoms with van der Waals surface area (Å²) in [6.07, 6.45) is 41.4. The van der Waals surface area contributed by atoms with Crippen LogP contribution in [0, 0.1) is 121 Å². The van der Waals surface area contributed by atoms with Gasteiger partial charge in [0.05, 0.1) is 22.1 Å². The number of halogens is 1. The highest BCUT2D eigenvalue weighted by Gasteiger charge is 2.67. The Labute approximate surface area is 600 Å². The summed E-state index contributed by atoms with van der Waals surface area (Å²) < 4.78 is 3.40. The number of carbonyl (C=O) groups is 3. The van der Waals surface area contributed by atoms with Crippen LogP contribution in [0.4, 0.5) is 0 Å². The molecule has 0 unspecified atom stereocenters. The summed E-state index contributed by atoms with van der Waals surface area (Å²) in [6, 6.07) is 7.51. The Kier molecular flexibility index (Phi) is 20.1. The molecule has 4 aromatic rings. The zero-order valence-corrected chi connectivity index (χ0v) is 64.2. The van der Waals surface area contributed by atoms with Crippen molar-refractivity contribution in [2.24, 2.45) is 121 Å². The molecule has 0 aromatic carbocycles. The molecule has 0 amide bonds. The van der Waals surface area contributed by atoms with Crippen molar-refractivity contribution in [3.63, 3.8) is 0 Å². The van der Waals surface area contributed by atoms with Gasteiger partial charge in [-0.3, -0.25) is 14.4 Å². The molecular formula is C79H117BrN8O6S3. The first kappa shape index (κ1) is 71.5. The Morgan fingerprint density at radius 2 is 0.773 bits per heavy atom. The number of nitrogens with zero attached hydrogens (tertiary/aromatic N) is 8. The Hall–Kier alpha value is -2.48. The Balaban J connectivity index is 0.000000126. The van der Waals surface area contributed by atoms with Crippen LogP contribution >= 0.6 is 51.2 Å². The van der Waals surface area contributed by atoms with Crippen LogP contribution in [0.3, 0.4) is 0 Å². The van der Waals surface area contributed by atoms with Crippen molar-refractivity contribution >= 4 is 90.9 Å². The zero-order valence-electron chi connectivity index (χ0n) is 60.2. The van der Waals surface area contributed by atoms with Crippen LogP contribution in [0.1, 0.15) is 215 Å². The lowest BCUT2D eigenvalue weighted by molar-refractivity contribution is -0.149. The molecule has 0 radical (unpaired) electrons. The van der Waals surface area contributed by atoms with Gasteiger partial charge in [-0.15, -0.1) is 10.2 Å². The van der Waals surface area contributed by atoms with Crippen LogP contribution in [-0.2, 0) is 27.5 Å². The van der Waals surface area contributed by atoms with Crippen LogP contribution < -0.4 is 0 Å². The summed E-state index contributed by atoms with van der Waals surface area (Å²) in [4.78, 5) is 48.8. The lowest BCUT2D eigenvalue weighted by Crippen LogP contribution is -2.58. The highest BCUT2D eigenvalue weighted by Crippen LogP contribution is 2.72. The summed E-state index contributed by atoms with van der Waals surface area (Å²) in [5.41, 5.74) is 3.07. The first-order chi connectivity index (χ1) is 46.3. The van der Waals surface area contributed by atoms with Crippen molar-refractivity contribution in [1.29, 1.82) is 0 Å². The Bertz CT molecular complexity index is 3350. The van der Waals surface area contributed by atoms with E-state index in [1.807, 2.05) is 59.6 Å². The number of hydrogen-bond acceptors (Lipinski definition) is 15. The van der Waals surface area contributed by atoms with Crippen LogP contribution in [-0.4, -0.2) is 131 Å². The molecule has 24 atom stereocenters. The number of thioether (sulfide) groups is 3. The molecule has 4 aromatic heterocycles. The van der Waals surface area contributed by atoms with Gasteiger partial charge in [0.25, 0.3) is 0 Å². The minimum Gasteiger partial charge on any atom is -0.390 e. The highest BCUT2D eigenvalue weighted by molar-refractivity contribution is 9.09. The molecule has 534 valence electrons. The number of Topliss-reactive ketones (excluding diaryl/α,β-unsaturated/α-hetero) is 3. The smallest absolute Gasteiger partial charge is 0.178 e. The Morgan fingerprint density at radius 3 is 1.09 bits per heavy atom. The van der Waals surface area contributed by atoms with E-state index >= 15 is 0 Å². The molecule has 0 saturated heterocycles. The number of fused-ring (bicyclic) bond motifs is 17. The molecule has 12 aliphatic rings. The minimum absolute atomic E-state index is 0.0929. The number of rotatable bonds is 14. The topological polar surface area (TPSA) is 199 Å². The van der Waals surface area contributed by atoms with Gasteiger partial charge in [-0.05, 0) is 358 Å².